The zero-order chi connectivity index (χ0) is 10.9. The first-order valence-electron chi connectivity index (χ1n) is 5.01. The first-order chi connectivity index (χ1) is 5.95. The van der Waals surface area contributed by atoms with Gasteiger partial charge in [0.2, 0.25) is 0 Å². The molecule has 13 heavy (non-hydrogen) atoms. The number of allylic oxidation sites excluding steroid dienone is 3. The maximum atomic E-state index is 5.31. The molecule has 78 valence electrons. The summed E-state index contributed by atoms with van der Waals surface area (Å²) in [7, 11) is 0. The van der Waals surface area contributed by atoms with Crippen LogP contribution in [-0.4, -0.2) is 0 Å². The summed E-state index contributed by atoms with van der Waals surface area (Å²) in [5.41, 5.74) is 6.81. The fourth-order valence-corrected chi connectivity index (χ4v) is 0.654. The molecule has 0 aromatic heterocycles. The number of nitrogens with two attached hydrogens (primary N) is 1. The molecule has 0 heterocycles. The van der Waals surface area contributed by atoms with Gasteiger partial charge in [0, 0.05) is 0 Å². The van der Waals surface area contributed by atoms with Gasteiger partial charge in [0.25, 0.3) is 0 Å². The second-order valence-electron chi connectivity index (χ2n) is 4.08. The summed E-state index contributed by atoms with van der Waals surface area (Å²) < 4.78 is 0. The Morgan fingerprint density at radius 1 is 1.23 bits per heavy atom. The highest BCUT2D eigenvalue weighted by atomic mass is 14.5. The Balaban J connectivity index is 0. The Kier molecular flexibility index (Phi) is 8.99. The molecule has 0 bridgehead atoms. The van der Waals surface area contributed by atoms with E-state index in [1.165, 1.54) is 0 Å². The minimum atomic E-state index is 0.380. The van der Waals surface area contributed by atoms with Crippen molar-refractivity contribution in [2.75, 3.05) is 0 Å². The van der Waals surface area contributed by atoms with Crippen LogP contribution in [0.4, 0.5) is 0 Å². The van der Waals surface area contributed by atoms with E-state index >= 15 is 0 Å². The first-order valence-corrected chi connectivity index (χ1v) is 5.01. The largest absolute Gasteiger partial charge is 0.404 e. The summed E-state index contributed by atoms with van der Waals surface area (Å²) in [6.45, 7) is 12.7. The highest BCUT2D eigenvalue weighted by molar-refractivity contribution is 5.14. The molecule has 2 N–H and O–H groups in total. The minimum Gasteiger partial charge on any atom is -0.404 e. The van der Waals surface area contributed by atoms with Crippen molar-refractivity contribution in [2.24, 2.45) is 11.1 Å². The summed E-state index contributed by atoms with van der Waals surface area (Å²) in [6, 6.07) is 0. The molecular formula is C12H25N. The average molecular weight is 183 g/mol. The van der Waals surface area contributed by atoms with E-state index in [9.17, 15) is 0 Å². The van der Waals surface area contributed by atoms with Crippen LogP contribution in [0.1, 0.15) is 48.0 Å². The minimum absolute atomic E-state index is 0.380. The average Bonchev–Trinajstić information content (AvgIpc) is 2.05. The van der Waals surface area contributed by atoms with E-state index in [2.05, 4.69) is 32.9 Å². The van der Waals surface area contributed by atoms with E-state index in [4.69, 9.17) is 5.73 Å². The summed E-state index contributed by atoms with van der Waals surface area (Å²) in [4.78, 5) is 0. The summed E-state index contributed by atoms with van der Waals surface area (Å²) in [6.07, 6.45) is 6.95. The van der Waals surface area contributed by atoms with Crippen LogP contribution in [-0.2, 0) is 0 Å². The van der Waals surface area contributed by atoms with Gasteiger partial charge in [-0.1, -0.05) is 46.8 Å². The van der Waals surface area contributed by atoms with E-state index in [0.717, 1.165) is 12.0 Å². The third-order valence-corrected chi connectivity index (χ3v) is 1.37. The van der Waals surface area contributed by atoms with Crippen LogP contribution in [0.15, 0.2) is 23.9 Å². The van der Waals surface area contributed by atoms with Crippen molar-refractivity contribution in [3.63, 3.8) is 0 Å². The smallest absolute Gasteiger partial charge is 0.00327 e. The highest BCUT2D eigenvalue weighted by Gasteiger charge is 2.05. The normalized spacial score (nSPS) is 12.6. The van der Waals surface area contributed by atoms with Gasteiger partial charge in [-0.05, 0) is 30.5 Å². The van der Waals surface area contributed by atoms with Crippen LogP contribution < -0.4 is 5.73 Å². The zero-order valence-corrected chi connectivity index (χ0v) is 10.0. The Labute approximate surface area is 83.7 Å². The lowest BCUT2D eigenvalue weighted by Gasteiger charge is -2.14. The Bertz CT molecular complexity index is 158. The van der Waals surface area contributed by atoms with Gasteiger partial charge in [0.1, 0.15) is 0 Å². The monoisotopic (exact) mass is 183 g/mol. The lowest BCUT2D eigenvalue weighted by atomic mass is 9.92. The molecule has 0 saturated carbocycles. The van der Waals surface area contributed by atoms with Crippen LogP contribution in [0.5, 0.6) is 0 Å². The predicted octanol–water partition coefficient (Wildman–Crippen LogP) is 3.87. The topological polar surface area (TPSA) is 26.0 Å². The second kappa shape index (κ2) is 7.90. The van der Waals surface area contributed by atoms with Gasteiger partial charge >= 0.3 is 0 Å². The third kappa shape index (κ3) is 14.2. The Morgan fingerprint density at radius 3 is 2.00 bits per heavy atom. The second-order valence-corrected chi connectivity index (χ2v) is 4.08. The van der Waals surface area contributed by atoms with Gasteiger partial charge in [-0.15, -0.1) is 0 Å². The van der Waals surface area contributed by atoms with Gasteiger partial charge in [0.05, 0.1) is 0 Å². The van der Waals surface area contributed by atoms with Crippen molar-refractivity contribution in [2.45, 2.75) is 48.0 Å². The van der Waals surface area contributed by atoms with E-state index in [-0.39, 0.29) is 0 Å². The predicted molar refractivity (Wildman–Crippen MR) is 62.5 cm³/mol. The lowest BCUT2D eigenvalue weighted by molar-refractivity contribution is 0.420. The van der Waals surface area contributed by atoms with Gasteiger partial charge in [-0.2, -0.15) is 0 Å². The van der Waals surface area contributed by atoms with Crippen molar-refractivity contribution < 1.29 is 0 Å². The standard InChI is InChI=1S/C10H19N.C2H6/c1-9(8-11)6-5-7-10(2,3)4;1-2/h5-6,8H,7,11H2,1-4H3;1-2H3/b6-5-,9-8-;. The molecule has 0 aromatic carbocycles. The van der Waals surface area contributed by atoms with Gasteiger partial charge in [0.15, 0.2) is 0 Å². The maximum absolute atomic E-state index is 5.31. The third-order valence-electron chi connectivity index (χ3n) is 1.37. The number of hydrogen-bond donors (Lipinski definition) is 1. The van der Waals surface area contributed by atoms with Crippen LogP contribution in [0, 0.1) is 5.41 Å². The fraction of sp³-hybridized carbons (Fsp3) is 0.667. The Hall–Kier alpha value is -0.720. The molecule has 0 fully saturated rings. The van der Waals surface area contributed by atoms with Crippen molar-refractivity contribution >= 4 is 0 Å². The quantitative estimate of drug-likeness (QED) is 0.646. The molecule has 0 amide bonds. The molecule has 0 aliphatic rings. The molecule has 1 nitrogen and oxygen atoms in total. The molecular weight excluding hydrogens is 158 g/mol. The zero-order valence-electron chi connectivity index (χ0n) is 10.0. The molecule has 0 rings (SSSR count). The van der Waals surface area contributed by atoms with Crippen molar-refractivity contribution in [1.82, 2.24) is 0 Å². The highest BCUT2D eigenvalue weighted by Crippen LogP contribution is 2.18. The molecule has 0 aliphatic heterocycles. The van der Waals surface area contributed by atoms with Crippen LogP contribution >= 0.6 is 0 Å². The molecule has 0 unspecified atom stereocenters. The summed E-state index contributed by atoms with van der Waals surface area (Å²) in [5, 5.41) is 0. The van der Waals surface area contributed by atoms with Gasteiger partial charge in [-0.25, -0.2) is 0 Å². The van der Waals surface area contributed by atoms with Gasteiger partial charge < -0.3 is 5.73 Å². The molecule has 0 aliphatic carbocycles. The molecule has 1 heteroatoms. The summed E-state index contributed by atoms with van der Waals surface area (Å²) >= 11 is 0. The molecule has 0 radical (unpaired) electrons. The number of rotatable bonds is 2. The van der Waals surface area contributed by atoms with Gasteiger partial charge in [-0.3, -0.25) is 0 Å². The molecule has 0 spiro atoms. The van der Waals surface area contributed by atoms with Crippen LogP contribution in [0.3, 0.4) is 0 Å². The lowest BCUT2D eigenvalue weighted by Crippen LogP contribution is -2.01. The fourth-order valence-electron chi connectivity index (χ4n) is 0.654. The van der Waals surface area contributed by atoms with E-state index in [1.54, 1.807) is 6.20 Å². The first kappa shape index (κ1) is 14.8. The van der Waals surface area contributed by atoms with Crippen molar-refractivity contribution in [3.8, 4) is 0 Å². The van der Waals surface area contributed by atoms with Crippen LogP contribution in [0.2, 0.25) is 0 Å². The molecule has 0 aromatic rings. The van der Waals surface area contributed by atoms with E-state index in [0.29, 0.717) is 5.41 Å². The summed E-state index contributed by atoms with van der Waals surface area (Å²) in [5.74, 6) is 0. The number of hydrogen-bond acceptors (Lipinski definition) is 1. The molecule has 0 atom stereocenters. The van der Waals surface area contributed by atoms with Crippen molar-refractivity contribution in [3.05, 3.63) is 23.9 Å². The van der Waals surface area contributed by atoms with E-state index < -0.39 is 0 Å². The van der Waals surface area contributed by atoms with Crippen LogP contribution in [0.25, 0.3) is 0 Å². The molecule has 0 saturated heterocycles. The Morgan fingerprint density at radius 2 is 1.69 bits per heavy atom. The van der Waals surface area contributed by atoms with E-state index in [1.807, 2.05) is 20.8 Å². The SMILES string of the molecule is CC.CC(/C=C\CC(C)(C)C)=C/N. The van der Waals surface area contributed by atoms with Crippen molar-refractivity contribution in [1.29, 1.82) is 0 Å². The maximum Gasteiger partial charge on any atom is -0.00327 e.